The molecular formula is C23H22N4O2S. The average Bonchev–Trinajstić information content (AvgIpc) is 3.23. The Morgan fingerprint density at radius 1 is 1.20 bits per heavy atom. The Balaban J connectivity index is 1.39. The molecule has 1 amide bonds. The van der Waals surface area contributed by atoms with Gasteiger partial charge in [0.15, 0.2) is 0 Å². The van der Waals surface area contributed by atoms with Crippen LogP contribution in [0.5, 0.6) is 0 Å². The maximum Gasteiger partial charge on any atom is 0.230 e. The number of nitrogens with zero attached hydrogens (tertiary/aromatic N) is 3. The van der Waals surface area contributed by atoms with Gasteiger partial charge in [-0.25, -0.2) is 4.98 Å². The summed E-state index contributed by atoms with van der Waals surface area (Å²) in [5, 5.41) is 14.6. The molecule has 0 aliphatic carbocycles. The van der Waals surface area contributed by atoms with Crippen LogP contribution in [0.15, 0.2) is 53.9 Å². The molecule has 7 heteroatoms. The number of carbonyl (C=O) groups excluding carboxylic acids is 1. The van der Waals surface area contributed by atoms with Crippen LogP contribution in [-0.4, -0.2) is 42.1 Å². The van der Waals surface area contributed by atoms with Crippen LogP contribution >= 0.6 is 11.3 Å². The van der Waals surface area contributed by atoms with E-state index in [1.54, 1.807) is 35.6 Å². The molecule has 0 bridgehead atoms. The molecule has 2 aromatic carbocycles. The van der Waals surface area contributed by atoms with E-state index in [-0.39, 0.29) is 12.3 Å². The quantitative estimate of drug-likeness (QED) is 0.660. The second-order valence-corrected chi connectivity index (χ2v) is 8.01. The number of benzene rings is 2. The smallest absolute Gasteiger partial charge is 0.230 e. The molecule has 0 saturated carbocycles. The van der Waals surface area contributed by atoms with E-state index in [1.807, 2.05) is 5.38 Å². The molecule has 152 valence electrons. The highest BCUT2D eigenvalue weighted by Gasteiger charge is 2.13. The van der Waals surface area contributed by atoms with Gasteiger partial charge in [-0.1, -0.05) is 24.3 Å². The number of ether oxygens (including phenoxy) is 1. The highest BCUT2D eigenvalue weighted by molar-refractivity contribution is 7.13. The van der Waals surface area contributed by atoms with Gasteiger partial charge in [-0.05, 0) is 29.8 Å². The van der Waals surface area contributed by atoms with Gasteiger partial charge in [0, 0.05) is 36.3 Å². The first-order valence-electron chi connectivity index (χ1n) is 9.83. The summed E-state index contributed by atoms with van der Waals surface area (Å²) >= 11 is 1.54. The van der Waals surface area contributed by atoms with E-state index >= 15 is 0 Å². The van der Waals surface area contributed by atoms with E-state index in [1.165, 1.54) is 5.56 Å². The van der Waals surface area contributed by atoms with E-state index in [0.29, 0.717) is 11.3 Å². The van der Waals surface area contributed by atoms with E-state index in [9.17, 15) is 4.79 Å². The number of aromatic nitrogens is 1. The van der Waals surface area contributed by atoms with Crippen LogP contribution in [0, 0.1) is 11.3 Å². The Morgan fingerprint density at radius 3 is 2.87 bits per heavy atom. The number of amides is 1. The molecule has 3 aromatic rings. The first kappa shape index (κ1) is 20.2. The Kier molecular flexibility index (Phi) is 6.50. The molecule has 1 saturated heterocycles. The number of nitrogens with one attached hydrogen (secondary N) is 1. The maximum atomic E-state index is 12.4. The van der Waals surface area contributed by atoms with Gasteiger partial charge in [-0.3, -0.25) is 9.69 Å². The van der Waals surface area contributed by atoms with Crippen LogP contribution in [0.25, 0.3) is 10.6 Å². The number of thiazole rings is 1. The summed E-state index contributed by atoms with van der Waals surface area (Å²) < 4.78 is 5.42. The van der Waals surface area contributed by atoms with Gasteiger partial charge in [0.1, 0.15) is 5.01 Å². The zero-order chi connectivity index (χ0) is 20.8. The average molecular weight is 419 g/mol. The second-order valence-electron chi connectivity index (χ2n) is 7.15. The van der Waals surface area contributed by atoms with Crippen molar-refractivity contribution < 1.29 is 9.53 Å². The Labute approximate surface area is 179 Å². The highest BCUT2D eigenvalue weighted by Crippen LogP contribution is 2.25. The van der Waals surface area contributed by atoms with Crippen molar-refractivity contribution in [2.45, 2.75) is 13.0 Å². The maximum absolute atomic E-state index is 12.4. The Hall–Kier alpha value is -3.05. The third-order valence-electron chi connectivity index (χ3n) is 4.85. The van der Waals surface area contributed by atoms with Crippen LogP contribution in [-0.2, 0) is 22.5 Å². The van der Waals surface area contributed by atoms with Gasteiger partial charge in [-0.15, -0.1) is 11.3 Å². The molecule has 0 radical (unpaired) electrons. The lowest BCUT2D eigenvalue weighted by Gasteiger charge is -2.26. The lowest BCUT2D eigenvalue weighted by atomic mass is 10.1. The molecule has 0 atom stereocenters. The summed E-state index contributed by atoms with van der Waals surface area (Å²) in [5.41, 5.74) is 4.19. The fraction of sp³-hybridized carbons (Fsp3) is 0.261. The van der Waals surface area contributed by atoms with Crippen molar-refractivity contribution in [2.75, 3.05) is 31.6 Å². The predicted molar refractivity (Wildman–Crippen MR) is 117 cm³/mol. The molecule has 1 N–H and O–H groups in total. The molecular weight excluding hydrogens is 396 g/mol. The van der Waals surface area contributed by atoms with Gasteiger partial charge >= 0.3 is 0 Å². The van der Waals surface area contributed by atoms with Crippen LogP contribution in [0.3, 0.4) is 0 Å². The minimum atomic E-state index is -0.150. The molecule has 1 aliphatic heterocycles. The Bertz CT molecular complexity index is 1070. The van der Waals surface area contributed by atoms with Crippen molar-refractivity contribution in [2.24, 2.45) is 0 Å². The van der Waals surface area contributed by atoms with E-state index in [4.69, 9.17) is 10.00 Å². The summed E-state index contributed by atoms with van der Waals surface area (Å²) in [6, 6.07) is 17.4. The number of hydrogen-bond acceptors (Lipinski definition) is 6. The summed E-state index contributed by atoms with van der Waals surface area (Å²) in [6.45, 7) is 4.40. The van der Waals surface area contributed by atoms with Crippen LogP contribution in [0.2, 0.25) is 0 Å². The van der Waals surface area contributed by atoms with Crippen molar-refractivity contribution in [1.82, 2.24) is 9.88 Å². The van der Waals surface area contributed by atoms with E-state index in [2.05, 4.69) is 45.5 Å². The normalized spacial score (nSPS) is 14.2. The lowest BCUT2D eigenvalue weighted by molar-refractivity contribution is -0.115. The van der Waals surface area contributed by atoms with Gasteiger partial charge in [0.25, 0.3) is 0 Å². The first-order chi connectivity index (χ1) is 14.7. The lowest BCUT2D eigenvalue weighted by Crippen LogP contribution is -2.35. The number of morpholine rings is 1. The molecule has 0 unspecified atom stereocenters. The first-order valence-corrected chi connectivity index (χ1v) is 10.7. The van der Waals surface area contributed by atoms with Crippen LogP contribution in [0.4, 0.5) is 5.69 Å². The van der Waals surface area contributed by atoms with Gasteiger partial charge < -0.3 is 10.1 Å². The van der Waals surface area contributed by atoms with Crippen molar-refractivity contribution >= 4 is 22.9 Å². The third-order valence-corrected chi connectivity index (χ3v) is 5.79. The predicted octanol–water partition coefficient (Wildman–Crippen LogP) is 3.70. The molecule has 4 rings (SSSR count). The molecule has 30 heavy (non-hydrogen) atoms. The molecule has 6 nitrogen and oxygen atoms in total. The standard InChI is InChI=1S/C23H22N4O2S/c24-14-17-3-2-6-20(12-17)25-22(28)13-21-16-30-23(26-21)19-5-1-4-18(11-19)15-27-7-9-29-10-8-27/h1-6,11-12,16H,7-10,13,15H2,(H,25,28). The number of rotatable bonds is 6. The summed E-state index contributed by atoms with van der Waals surface area (Å²) in [7, 11) is 0. The molecule has 2 heterocycles. The largest absolute Gasteiger partial charge is 0.379 e. The third kappa shape index (κ3) is 5.30. The minimum absolute atomic E-state index is 0.150. The summed E-state index contributed by atoms with van der Waals surface area (Å²) in [5.74, 6) is -0.150. The summed E-state index contributed by atoms with van der Waals surface area (Å²) in [4.78, 5) is 19.4. The van der Waals surface area contributed by atoms with Crippen molar-refractivity contribution in [3.63, 3.8) is 0 Å². The zero-order valence-electron chi connectivity index (χ0n) is 16.5. The fourth-order valence-corrected chi connectivity index (χ4v) is 4.19. The van der Waals surface area contributed by atoms with Crippen molar-refractivity contribution in [3.8, 4) is 16.6 Å². The van der Waals surface area contributed by atoms with Crippen molar-refractivity contribution in [1.29, 1.82) is 5.26 Å². The van der Waals surface area contributed by atoms with Crippen molar-refractivity contribution in [3.05, 3.63) is 70.7 Å². The second kappa shape index (κ2) is 9.63. The van der Waals surface area contributed by atoms with Gasteiger partial charge in [0.05, 0.1) is 37.0 Å². The zero-order valence-corrected chi connectivity index (χ0v) is 17.3. The number of nitriles is 1. The number of hydrogen-bond donors (Lipinski definition) is 1. The molecule has 1 aliphatic rings. The molecule has 1 fully saturated rings. The Morgan fingerprint density at radius 2 is 2.03 bits per heavy atom. The molecule has 0 spiro atoms. The monoisotopic (exact) mass is 418 g/mol. The summed E-state index contributed by atoms with van der Waals surface area (Å²) in [6.07, 6.45) is 0.195. The highest BCUT2D eigenvalue weighted by atomic mass is 32.1. The fourth-order valence-electron chi connectivity index (χ4n) is 3.38. The topological polar surface area (TPSA) is 78.2 Å². The molecule has 1 aromatic heterocycles. The van der Waals surface area contributed by atoms with Crippen LogP contribution in [0.1, 0.15) is 16.8 Å². The van der Waals surface area contributed by atoms with E-state index < -0.39 is 0 Å². The SMILES string of the molecule is N#Cc1cccc(NC(=O)Cc2csc(-c3cccc(CN4CCOCC4)c3)n2)c1. The minimum Gasteiger partial charge on any atom is -0.379 e. The van der Waals surface area contributed by atoms with E-state index in [0.717, 1.165) is 49.1 Å². The van der Waals surface area contributed by atoms with Crippen LogP contribution < -0.4 is 5.32 Å². The number of carbonyl (C=O) groups is 1. The van der Waals surface area contributed by atoms with Gasteiger partial charge in [0.2, 0.25) is 5.91 Å². The number of anilines is 1. The van der Waals surface area contributed by atoms with Gasteiger partial charge in [-0.2, -0.15) is 5.26 Å².